The summed E-state index contributed by atoms with van der Waals surface area (Å²) in [6.07, 6.45) is 1.94. The Morgan fingerprint density at radius 3 is 2.62 bits per heavy atom. The number of hydrogen-bond acceptors (Lipinski definition) is 5. The Morgan fingerprint density at radius 2 is 1.92 bits per heavy atom. The molecule has 0 saturated heterocycles. The molecule has 0 unspecified atom stereocenters. The fourth-order valence-corrected chi connectivity index (χ4v) is 2.93. The fourth-order valence-electron chi connectivity index (χ4n) is 2.23. The van der Waals surface area contributed by atoms with Crippen molar-refractivity contribution in [2.75, 3.05) is 13.1 Å². The predicted molar refractivity (Wildman–Crippen MR) is 98.2 cm³/mol. The zero-order chi connectivity index (χ0) is 18.4. The molecule has 0 aliphatic heterocycles. The molecule has 0 atom stereocenters. The van der Waals surface area contributed by atoms with Crippen LogP contribution in [0.5, 0.6) is 0 Å². The van der Waals surface area contributed by atoms with Crippen molar-refractivity contribution < 1.29 is 9.59 Å². The molecule has 2 amide bonds. The molecule has 26 heavy (non-hydrogen) atoms. The van der Waals surface area contributed by atoms with Gasteiger partial charge >= 0.3 is 0 Å². The van der Waals surface area contributed by atoms with Gasteiger partial charge in [-0.3, -0.25) is 19.5 Å². The number of nitrogens with one attached hydrogen (secondary N) is 4. The van der Waals surface area contributed by atoms with Crippen molar-refractivity contribution in [3.63, 3.8) is 0 Å². The molecule has 3 heterocycles. The zero-order valence-electron chi connectivity index (χ0n) is 13.7. The van der Waals surface area contributed by atoms with E-state index in [1.165, 1.54) is 18.3 Å². The molecular formula is C17H17N5O3S. The third-order valence-electron chi connectivity index (χ3n) is 3.57. The first kappa shape index (κ1) is 17.6. The van der Waals surface area contributed by atoms with E-state index >= 15 is 0 Å². The van der Waals surface area contributed by atoms with Crippen molar-refractivity contribution in [1.29, 1.82) is 0 Å². The molecule has 0 spiro atoms. The molecule has 3 aromatic rings. The van der Waals surface area contributed by atoms with Crippen molar-refractivity contribution in [3.05, 3.63) is 63.5 Å². The lowest BCUT2D eigenvalue weighted by molar-refractivity contribution is 0.0948. The minimum atomic E-state index is -0.277. The van der Waals surface area contributed by atoms with Crippen LogP contribution in [0.2, 0.25) is 0 Å². The van der Waals surface area contributed by atoms with Gasteiger partial charge < -0.3 is 15.6 Å². The van der Waals surface area contributed by atoms with E-state index in [1.54, 1.807) is 17.4 Å². The lowest BCUT2D eigenvalue weighted by atomic mass is 10.2. The van der Waals surface area contributed by atoms with Gasteiger partial charge in [0.05, 0.1) is 16.1 Å². The number of nitrogens with zero attached hydrogens (tertiary/aromatic N) is 1. The molecule has 3 rings (SSSR count). The number of hydrogen-bond donors (Lipinski definition) is 4. The molecule has 0 fully saturated rings. The van der Waals surface area contributed by atoms with Gasteiger partial charge in [0.1, 0.15) is 0 Å². The quantitative estimate of drug-likeness (QED) is 0.469. The lowest BCUT2D eigenvalue weighted by Gasteiger charge is -2.05. The van der Waals surface area contributed by atoms with Crippen LogP contribution >= 0.6 is 11.3 Å². The Morgan fingerprint density at radius 1 is 1.12 bits per heavy atom. The summed E-state index contributed by atoms with van der Waals surface area (Å²) in [6.45, 7) is 0.811. The van der Waals surface area contributed by atoms with Crippen LogP contribution in [0.25, 0.3) is 10.6 Å². The Bertz CT molecular complexity index is 925. The Labute approximate surface area is 152 Å². The second kappa shape index (κ2) is 8.26. The van der Waals surface area contributed by atoms with Crippen LogP contribution in [-0.2, 0) is 0 Å². The SMILES string of the molecule is O=C(NCCCNC(=O)c1cc(-c2cccs2)[nH]n1)c1ccc(=O)[nH]c1. The normalized spacial score (nSPS) is 10.5. The highest BCUT2D eigenvalue weighted by Crippen LogP contribution is 2.22. The molecule has 9 heteroatoms. The molecule has 4 N–H and O–H groups in total. The largest absolute Gasteiger partial charge is 0.352 e. The van der Waals surface area contributed by atoms with Crippen molar-refractivity contribution >= 4 is 23.2 Å². The number of pyridine rings is 1. The highest BCUT2D eigenvalue weighted by atomic mass is 32.1. The first-order chi connectivity index (χ1) is 12.6. The molecule has 134 valence electrons. The van der Waals surface area contributed by atoms with E-state index in [9.17, 15) is 14.4 Å². The maximum atomic E-state index is 12.1. The van der Waals surface area contributed by atoms with Crippen LogP contribution in [0, 0.1) is 0 Å². The molecule has 0 aliphatic rings. The van der Waals surface area contributed by atoms with E-state index in [2.05, 4.69) is 25.8 Å². The standard InChI is InChI=1S/C17H17N5O3S/c23-15-5-4-11(10-20-15)16(24)18-6-2-7-19-17(25)13-9-12(21-22-13)14-3-1-8-26-14/h1,3-5,8-10H,2,6-7H2,(H,18,24)(H,19,25)(H,20,23)(H,21,22). The number of carbonyl (C=O) groups is 2. The van der Waals surface area contributed by atoms with Crippen molar-refractivity contribution in [1.82, 2.24) is 25.8 Å². The smallest absolute Gasteiger partial charge is 0.271 e. The van der Waals surface area contributed by atoms with E-state index in [-0.39, 0.29) is 17.4 Å². The minimum absolute atomic E-state index is 0.259. The summed E-state index contributed by atoms with van der Waals surface area (Å²) in [7, 11) is 0. The van der Waals surface area contributed by atoms with Gasteiger partial charge in [-0.15, -0.1) is 11.3 Å². The van der Waals surface area contributed by atoms with Gasteiger partial charge in [-0.2, -0.15) is 5.10 Å². The molecule has 0 bridgehead atoms. The van der Waals surface area contributed by atoms with E-state index in [0.717, 1.165) is 10.6 Å². The third kappa shape index (κ3) is 4.45. The molecule has 8 nitrogen and oxygen atoms in total. The number of aromatic nitrogens is 3. The highest BCUT2D eigenvalue weighted by Gasteiger charge is 2.11. The maximum Gasteiger partial charge on any atom is 0.271 e. The maximum absolute atomic E-state index is 12.1. The minimum Gasteiger partial charge on any atom is -0.352 e. The Kier molecular flexibility index (Phi) is 5.59. The second-order valence-electron chi connectivity index (χ2n) is 5.45. The van der Waals surface area contributed by atoms with Crippen molar-refractivity contribution in [2.45, 2.75) is 6.42 Å². The van der Waals surface area contributed by atoms with E-state index in [4.69, 9.17) is 0 Å². The summed E-state index contributed by atoms with van der Waals surface area (Å²) < 4.78 is 0. The third-order valence-corrected chi connectivity index (χ3v) is 4.47. The van der Waals surface area contributed by atoms with Gasteiger partial charge in [0.25, 0.3) is 11.8 Å². The first-order valence-electron chi connectivity index (χ1n) is 7.98. The average molecular weight is 371 g/mol. The molecule has 3 aromatic heterocycles. The summed E-state index contributed by atoms with van der Waals surface area (Å²) in [5.41, 5.74) is 1.25. The molecular weight excluding hydrogens is 354 g/mol. The zero-order valence-corrected chi connectivity index (χ0v) is 14.6. The first-order valence-corrected chi connectivity index (χ1v) is 8.86. The van der Waals surface area contributed by atoms with Crippen LogP contribution in [-0.4, -0.2) is 40.1 Å². The summed E-state index contributed by atoms with van der Waals surface area (Å²) >= 11 is 1.56. The number of aromatic amines is 2. The van der Waals surface area contributed by atoms with Crippen LogP contribution in [0.4, 0.5) is 0 Å². The summed E-state index contributed by atoms with van der Waals surface area (Å²) in [4.78, 5) is 38.3. The lowest BCUT2D eigenvalue weighted by Crippen LogP contribution is -2.30. The fraction of sp³-hybridized carbons (Fsp3) is 0.176. The highest BCUT2D eigenvalue weighted by molar-refractivity contribution is 7.13. The average Bonchev–Trinajstić information content (AvgIpc) is 3.33. The summed E-state index contributed by atoms with van der Waals surface area (Å²) in [5.74, 6) is -0.545. The Hall–Kier alpha value is -3.20. The monoisotopic (exact) mass is 371 g/mol. The van der Waals surface area contributed by atoms with Gasteiger partial charge in [-0.05, 0) is 30.0 Å². The Balaban J connectivity index is 1.39. The number of amides is 2. The van der Waals surface area contributed by atoms with E-state index in [1.807, 2.05) is 17.5 Å². The van der Waals surface area contributed by atoms with Crippen molar-refractivity contribution in [2.24, 2.45) is 0 Å². The molecule has 0 aromatic carbocycles. The van der Waals surface area contributed by atoms with Crippen molar-refractivity contribution in [3.8, 4) is 10.6 Å². The number of carbonyl (C=O) groups excluding carboxylic acids is 2. The van der Waals surface area contributed by atoms with Gasteiger partial charge in [0.15, 0.2) is 5.69 Å². The van der Waals surface area contributed by atoms with Gasteiger partial charge in [-0.1, -0.05) is 6.07 Å². The second-order valence-corrected chi connectivity index (χ2v) is 6.40. The van der Waals surface area contributed by atoms with Crippen LogP contribution in [0.3, 0.4) is 0 Å². The molecule has 0 radical (unpaired) electrons. The molecule has 0 saturated carbocycles. The van der Waals surface area contributed by atoms with E-state index < -0.39 is 0 Å². The van der Waals surface area contributed by atoms with Crippen LogP contribution in [0.1, 0.15) is 27.3 Å². The van der Waals surface area contributed by atoms with Gasteiger partial charge in [0.2, 0.25) is 5.56 Å². The summed E-state index contributed by atoms with van der Waals surface area (Å²) in [6, 6.07) is 8.34. The van der Waals surface area contributed by atoms with Gasteiger partial charge in [-0.25, -0.2) is 0 Å². The van der Waals surface area contributed by atoms with E-state index in [0.29, 0.717) is 30.8 Å². The van der Waals surface area contributed by atoms with Crippen LogP contribution in [0.15, 0.2) is 46.7 Å². The summed E-state index contributed by atoms with van der Waals surface area (Å²) in [5, 5.41) is 14.3. The number of H-pyrrole nitrogens is 2. The van der Waals surface area contributed by atoms with Crippen LogP contribution < -0.4 is 16.2 Å². The predicted octanol–water partition coefficient (Wildman–Crippen LogP) is 1.38. The number of thiophene rings is 1. The number of rotatable bonds is 7. The molecule has 0 aliphatic carbocycles. The topological polar surface area (TPSA) is 120 Å². The van der Waals surface area contributed by atoms with Gasteiger partial charge in [0, 0.05) is 25.4 Å².